The highest BCUT2D eigenvalue weighted by Gasteiger charge is 2.27. The van der Waals surface area contributed by atoms with Gasteiger partial charge in [-0.1, -0.05) is 54.6 Å². The van der Waals surface area contributed by atoms with E-state index in [9.17, 15) is 5.26 Å². The minimum absolute atomic E-state index is 0.0128. The molecule has 0 radical (unpaired) electrons. The van der Waals surface area contributed by atoms with Crippen molar-refractivity contribution in [1.29, 1.82) is 5.26 Å². The van der Waals surface area contributed by atoms with Gasteiger partial charge in [-0.3, -0.25) is 9.88 Å². The van der Waals surface area contributed by atoms with Gasteiger partial charge >= 0.3 is 0 Å². The molecule has 0 saturated carbocycles. The van der Waals surface area contributed by atoms with Crippen molar-refractivity contribution in [3.05, 3.63) is 96.2 Å². The van der Waals surface area contributed by atoms with Crippen LogP contribution in [0.2, 0.25) is 0 Å². The molecule has 3 aromatic carbocycles. The van der Waals surface area contributed by atoms with Gasteiger partial charge in [-0.25, -0.2) is 0 Å². The van der Waals surface area contributed by atoms with Crippen LogP contribution in [0.5, 0.6) is 5.75 Å². The number of piperidine rings is 1. The van der Waals surface area contributed by atoms with Gasteiger partial charge in [-0.15, -0.1) is 0 Å². The van der Waals surface area contributed by atoms with Crippen molar-refractivity contribution in [1.82, 2.24) is 9.88 Å². The first-order chi connectivity index (χ1) is 17.7. The Balaban J connectivity index is 1.13. The molecule has 5 heteroatoms. The Hall–Kier alpha value is -3.88. The second kappa shape index (κ2) is 11.2. The fourth-order valence-corrected chi connectivity index (χ4v) is 5.15. The molecule has 1 aliphatic heterocycles. The summed E-state index contributed by atoms with van der Waals surface area (Å²) < 4.78 is 6.12. The number of aryl methyl sites for hydroxylation is 1. The second-order valence-electron chi connectivity index (χ2n) is 9.53. The Kier molecular flexibility index (Phi) is 7.44. The number of fused-ring (bicyclic) bond motifs is 1. The van der Waals surface area contributed by atoms with Crippen molar-refractivity contribution in [2.24, 2.45) is 5.92 Å². The monoisotopic (exact) mass is 476 g/mol. The van der Waals surface area contributed by atoms with E-state index in [0.717, 1.165) is 71.8 Å². The van der Waals surface area contributed by atoms with E-state index in [2.05, 4.69) is 51.6 Å². The quantitative estimate of drug-likeness (QED) is 0.307. The summed E-state index contributed by atoms with van der Waals surface area (Å²) in [7, 11) is 0. The van der Waals surface area contributed by atoms with Crippen LogP contribution in [-0.2, 0) is 0 Å². The summed E-state index contributed by atoms with van der Waals surface area (Å²) in [5.41, 5.74) is 5.15. The standard InChI is InChI=1S/C31H32N4O/c1-23-20-31(28-12-5-6-13-30(28)33-23)34-26-10-7-11-27(21-26)36-19-18-35-16-14-25(15-17-35)29(22-32)24-8-3-2-4-9-24/h2-13,20-21,25,29H,14-19H2,1H3,(H,33,34). The molecule has 0 aliphatic carbocycles. The van der Waals surface area contributed by atoms with Crippen LogP contribution in [0.3, 0.4) is 0 Å². The Labute approximate surface area is 213 Å². The van der Waals surface area contributed by atoms with E-state index in [-0.39, 0.29) is 5.92 Å². The van der Waals surface area contributed by atoms with E-state index in [1.807, 2.05) is 61.5 Å². The zero-order valence-corrected chi connectivity index (χ0v) is 20.7. The lowest BCUT2D eigenvalue weighted by atomic mass is 9.81. The van der Waals surface area contributed by atoms with Gasteiger partial charge in [-0.05, 0) is 68.6 Å². The van der Waals surface area contributed by atoms with Gasteiger partial charge in [0.1, 0.15) is 12.4 Å². The molecule has 182 valence electrons. The van der Waals surface area contributed by atoms with E-state index in [1.165, 1.54) is 0 Å². The van der Waals surface area contributed by atoms with Crippen LogP contribution in [0.15, 0.2) is 84.9 Å². The van der Waals surface area contributed by atoms with E-state index in [1.54, 1.807) is 0 Å². The molecule has 0 spiro atoms. The summed E-state index contributed by atoms with van der Waals surface area (Å²) in [6, 6.07) is 31.2. The number of ether oxygens (including phenoxy) is 1. The molecule has 1 N–H and O–H groups in total. The summed E-state index contributed by atoms with van der Waals surface area (Å²) in [6.07, 6.45) is 2.09. The first kappa shape index (κ1) is 23.8. The van der Waals surface area contributed by atoms with Gasteiger partial charge in [-0.2, -0.15) is 5.26 Å². The van der Waals surface area contributed by atoms with E-state index < -0.39 is 0 Å². The smallest absolute Gasteiger partial charge is 0.121 e. The largest absolute Gasteiger partial charge is 0.492 e. The fourth-order valence-electron chi connectivity index (χ4n) is 5.15. The number of rotatable bonds is 8. The second-order valence-corrected chi connectivity index (χ2v) is 9.53. The van der Waals surface area contributed by atoms with Gasteiger partial charge in [0.2, 0.25) is 0 Å². The van der Waals surface area contributed by atoms with Crippen molar-refractivity contribution in [3.63, 3.8) is 0 Å². The molecule has 5 rings (SSSR count). The van der Waals surface area contributed by atoms with Crippen molar-refractivity contribution in [2.75, 3.05) is 31.6 Å². The third kappa shape index (κ3) is 5.67. The first-order valence-electron chi connectivity index (χ1n) is 12.7. The third-order valence-electron chi connectivity index (χ3n) is 7.03. The minimum Gasteiger partial charge on any atom is -0.492 e. The van der Waals surface area contributed by atoms with Crippen LogP contribution in [-0.4, -0.2) is 36.1 Å². The number of nitrogens with one attached hydrogen (secondary N) is 1. The highest BCUT2D eigenvalue weighted by Crippen LogP contribution is 2.32. The Morgan fingerprint density at radius 3 is 2.58 bits per heavy atom. The maximum absolute atomic E-state index is 9.75. The molecular formula is C31H32N4O. The molecule has 0 bridgehead atoms. The summed E-state index contributed by atoms with van der Waals surface area (Å²) in [5, 5.41) is 14.4. The number of likely N-dealkylation sites (tertiary alicyclic amines) is 1. The number of para-hydroxylation sites is 1. The zero-order valence-electron chi connectivity index (χ0n) is 20.7. The SMILES string of the molecule is Cc1cc(Nc2cccc(OCCN3CCC(C(C#N)c4ccccc4)CC3)c2)c2ccccc2n1. The summed E-state index contributed by atoms with van der Waals surface area (Å²) >= 11 is 0. The topological polar surface area (TPSA) is 61.2 Å². The Bertz CT molecular complexity index is 1340. The lowest BCUT2D eigenvalue weighted by molar-refractivity contribution is 0.150. The van der Waals surface area contributed by atoms with Crippen molar-refractivity contribution >= 4 is 22.3 Å². The van der Waals surface area contributed by atoms with Crippen LogP contribution in [0.4, 0.5) is 11.4 Å². The number of hydrogen-bond donors (Lipinski definition) is 1. The number of aromatic nitrogens is 1. The van der Waals surface area contributed by atoms with E-state index in [0.29, 0.717) is 12.5 Å². The number of anilines is 2. The molecule has 1 saturated heterocycles. The zero-order chi connectivity index (χ0) is 24.7. The molecule has 1 atom stereocenters. The number of hydrogen-bond acceptors (Lipinski definition) is 5. The first-order valence-corrected chi connectivity index (χ1v) is 12.7. The van der Waals surface area contributed by atoms with E-state index >= 15 is 0 Å². The van der Waals surface area contributed by atoms with Gasteiger partial charge in [0.15, 0.2) is 0 Å². The number of nitriles is 1. The van der Waals surface area contributed by atoms with Crippen molar-refractivity contribution in [2.45, 2.75) is 25.7 Å². The molecule has 1 unspecified atom stereocenters. The van der Waals surface area contributed by atoms with Crippen molar-refractivity contribution < 1.29 is 4.74 Å². The fraction of sp³-hybridized carbons (Fsp3) is 0.290. The van der Waals surface area contributed by atoms with Crippen LogP contribution in [0, 0.1) is 24.2 Å². The third-order valence-corrected chi connectivity index (χ3v) is 7.03. The van der Waals surface area contributed by atoms with Gasteiger partial charge < -0.3 is 10.1 Å². The lowest BCUT2D eigenvalue weighted by Crippen LogP contribution is -2.37. The van der Waals surface area contributed by atoms with Crippen molar-refractivity contribution in [3.8, 4) is 11.8 Å². The number of benzene rings is 3. The molecule has 1 fully saturated rings. The summed E-state index contributed by atoms with van der Waals surface area (Å²) in [5.74, 6) is 1.27. The summed E-state index contributed by atoms with van der Waals surface area (Å²) in [6.45, 7) is 5.57. The van der Waals surface area contributed by atoms with Gasteiger partial charge in [0.05, 0.1) is 17.5 Å². The predicted molar refractivity (Wildman–Crippen MR) is 146 cm³/mol. The Morgan fingerprint density at radius 1 is 1.00 bits per heavy atom. The Morgan fingerprint density at radius 2 is 1.78 bits per heavy atom. The van der Waals surface area contributed by atoms with Crippen LogP contribution in [0.25, 0.3) is 10.9 Å². The molecule has 0 amide bonds. The van der Waals surface area contributed by atoms with Crippen LogP contribution < -0.4 is 10.1 Å². The normalized spacial score (nSPS) is 15.3. The van der Waals surface area contributed by atoms with Crippen LogP contribution in [0.1, 0.15) is 30.0 Å². The predicted octanol–water partition coefficient (Wildman–Crippen LogP) is 6.69. The van der Waals surface area contributed by atoms with E-state index in [4.69, 9.17) is 4.74 Å². The highest BCUT2D eigenvalue weighted by molar-refractivity contribution is 5.93. The molecule has 1 aromatic heterocycles. The minimum atomic E-state index is -0.0128. The molecule has 1 aliphatic rings. The number of pyridine rings is 1. The number of nitrogens with zero attached hydrogens (tertiary/aromatic N) is 3. The van der Waals surface area contributed by atoms with Gasteiger partial charge in [0, 0.05) is 35.1 Å². The highest BCUT2D eigenvalue weighted by atomic mass is 16.5. The lowest BCUT2D eigenvalue weighted by Gasteiger charge is -2.34. The van der Waals surface area contributed by atoms with Crippen LogP contribution >= 0.6 is 0 Å². The molecule has 4 aromatic rings. The molecule has 36 heavy (non-hydrogen) atoms. The maximum atomic E-state index is 9.75. The average Bonchev–Trinajstić information content (AvgIpc) is 2.91. The molecule has 2 heterocycles. The summed E-state index contributed by atoms with van der Waals surface area (Å²) in [4.78, 5) is 7.08. The molecule has 5 nitrogen and oxygen atoms in total. The van der Waals surface area contributed by atoms with Gasteiger partial charge in [0.25, 0.3) is 0 Å². The maximum Gasteiger partial charge on any atom is 0.121 e. The molecular weight excluding hydrogens is 444 g/mol. The average molecular weight is 477 g/mol.